The molecule has 2 rings (SSSR count). The van der Waals surface area contributed by atoms with Crippen LogP contribution in [0.15, 0.2) is 35.4 Å². The van der Waals surface area contributed by atoms with Crippen LogP contribution < -0.4 is 4.74 Å². The number of ether oxygens (including phenoxy) is 1. The van der Waals surface area contributed by atoms with Crippen LogP contribution in [0.2, 0.25) is 0 Å². The number of hydrogen-bond acceptors (Lipinski definition) is 4. The lowest BCUT2D eigenvalue weighted by atomic mass is 10.2. The SMILES string of the molecule is COc1ccc2nccc(S(C)(=O)=O)c2c1. The van der Waals surface area contributed by atoms with E-state index in [4.69, 9.17) is 4.74 Å². The maximum absolute atomic E-state index is 11.6. The molecule has 16 heavy (non-hydrogen) atoms. The highest BCUT2D eigenvalue weighted by atomic mass is 32.2. The third-order valence-corrected chi connectivity index (χ3v) is 3.46. The zero-order chi connectivity index (χ0) is 11.8. The van der Waals surface area contributed by atoms with Crippen molar-refractivity contribution in [2.75, 3.05) is 13.4 Å². The van der Waals surface area contributed by atoms with Gasteiger partial charge in [0.15, 0.2) is 9.84 Å². The van der Waals surface area contributed by atoms with Crippen LogP contribution in [-0.4, -0.2) is 26.8 Å². The number of nitrogens with zero attached hydrogens (tertiary/aromatic N) is 1. The molecule has 84 valence electrons. The molecular weight excluding hydrogens is 226 g/mol. The van der Waals surface area contributed by atoms with Crippen molar-refractivity contribution in [1.29, 1.82) is 0 Å². The fourth-order valence-corrected chi connectivity index (χ4v) is 2.42. The van der Waals surface area contributed by atoms with Crippen LogP contribution in [0.4, 0.5) is 0 Å². The van der Waals surface area contributed by atoms with E-state index in [1.165, 1.54) is 25.6 Å². The minimum atomic E-state index is -3.25. The first kappa shape index (κ1) is 10.9. The Morgan fingerprint density at radius 1 is 1.25 bits per heavy atom. The molecule has 0 aliphatic rings. The second-order valence-electron chi connectivity index (χ2n) is 3.46. The van der Waals surface area contributed by atoms with Gasteiger partial charge in [0.05, 0.1) is 17.5 Å². The normalized spacial score (nSPS) is 11.6. The predicted molar refractivity (Wildman–Crippen MR) is 61.4 cm³/mol. The summed E-state index contributed by atoms with van der Waals surface area (Å²) in [5.41, 5.74) is 0.642. The molecule has 0 aliphatic carbocycles. The molecule has 0 atom stereocenters. The average Bonchev–Trinajstić information content (AvgIpc) is 2.26. The number of rotatable bonds is 2. The molecule has 1 aromatic carbocycles. The third-order valence-electron chi connectivity index (χ3n) is 2.31. The van der Waals surface area contributed by atoms with Crippen molar-refractivity contribution in [2.45, 2.75) is 4.90 Å². The minimum Gasteiger partial charge on any atom is -0.497 e. The first-order chi connectivity index (χ1) is 7.52. The summed E-state index contributed by atoms with van der Waals surface area (Å²) < 4.78 is 28.2. The lowest BCUT2D eigenvalue weighted by molar-refractivity contribution is 0.415. The van der Waals surface area contributed by atoms with Crippen LogP contribution in [0.3, 0.4) is 0 Å². The molecule has 0 radical (unpaired) electrons. The summed E-state index contributed by atoms with van der Waals surface area (Å²) in [6.45, 7) is 0. The van der Waals surface area contributed by atoms with Crippen molar-refractivity contribution in [2.24, 2.45) is 0 Å². The van der Waals surface area contributed by atoms with Crippen LogP contribution in [0, 0.1) is 0 Å². The largest absolute Gasteiger partial charge is 0.497 e. The van der Waals surface area contributed by atoms with E-state index in [0.717, 1.165) is 0 Å². The summed E-state index contributed by atoms with van der Waals surface area (Å²) in [5, 5.41) is 0.587. The van der Waals surface area contributed by atoms with Crippen LogP contribution in [0.5, 0.6) is 5.75 Å². The zero-order valence-corrected chi connectivity index (χ0v) is 9.78. The van der Waals surface area contributed by atoms with Crippen molar-refractivity contribution in [3.63, 3.8) is 0 Å². The Morgan fingerprint density at radius 2 is 2.00 bits per heavy atom. The molecule has 4 nitrogen and oxygen atoms in total. The van der Waals surface area contributed by atoms with Crippen LogP contribution in [0.1, 0.15) is 0 Å². The van der Waals surface area contributed by atoms with Crippen molar-refractivity contribution in [3.8, 4) is 5.75 Å². The summed E-state index contributed by atoms with van der Waals surface area (Å²) in [6.07, 6.45) is 2.67. The lowest BCUT2D eigenvalue weighted by Gasteiger charge is -2.05. The average molecular weight is 237 g/mol. The highest BCUT2D eigenvalue weighted by Crippen LogP contribution is 2.25. The molecule has 1 aromatic heterocycles. The van der Waals surface area contributed by atoms with E-state index in [1.807, 2.05) is 0 Å². The van der Waals surface area contributed by atoms with E-state index >= 15 is 0 Å². The molecule has 0 aliphatic heterocycles. The maximum atomic E-state index is 11.6. The number of methoxy groups -OCH3 is 1. The number of fused-ring (bicyclic) bond motifs is 1. The van der Waals surface area contributed by atoms with Gasteiger partial charge in [0, 0.05) is 17.8 Å². The number of aromatic nitrogens is 1. The van der Waals surface area contributed by atoms with Crippen LogP contribution in [0.25, 0.3) is 10.9 Å². The van der Waals surface area contributed by atoms with E-state index in [-0.39, 0.29) is 4.90 Å². The molecule has 0 bridgehead atoms. The smallest absolute Gasteiger partial charge is 0.176 e. The van der Waals surface area contributed by atoms with E-state index in [2.05, 4.69) is 4.98 Å². The van der Waals surface area contributed by atoms with Crippen molar-refractivity contribution >= 4 is 20.7 Å². The summed E-state index contributed by atoms with van der Waals surface area (Å²) >= 11 is 0. The molecule has 1 heterocycles. The van der Waals surface area contributed by atoms with Crippen LogP contribution in [-0.2, 0) is 9.84 Å². The van der Waals surface area contributed by atoms with E-state index in [1.54, 1.807) is 18.2 Å². The summed E-state index contributed by atoms with van der Waals surface area (Å²) in [6, 6.07) is 6.67. The lowest BCUT2D eigenvalue weighted by Crippen LogP contribution is -1.99. The van der Waals surface area contributed by atoms with E-state index in [0.29, 0.717) is 16.7 Å². The molecular formula is C11H11NO3S. The summed E-state index contributed by atoms with van der Waals surface area (Å²) in [7, 11) is -1.71. The Kier molecular flexibility index (Phi) is 2.55. The number of hydrogen-bond donors (Lipinski definition) is 0. The minimum absolute atomic E-state index is 0.274. The number of pyridine rings is 1. The Bertz CT molecular complexity index is 635. The van der Waals surface area contributed by atoms with Crippen molar-refractivity contribution in [1.82, 2.24) is 4.98 Å². The van der Waals surface area contributed by atoms with E-state index < -0.39 is 9.84 Å². The Morgan fingerprint density at radius 3 is 2.62 bits per heavy atom. The van der Waals surface area contributed by atoms with Crippen molar-refractivity contribution in [3.05, 3.63) is 30.5 Å². The molecule has 0 saturated carbocycles. The van der Waals surface area contributed by atoms with Gasteiger partial charge in [-0.05, 0) is 24.3 Å². The van der Waals surface area contributed by atoms with Gasteiger partial charge in [0.25, 0.3) is 0 Å². The quantitative estimate of drug-likeness (QED) is 0.796. The first-order valence-corrected chi connectivity index (χ1v) is 6.54. The number of benzene rings is 1. The van der Waals surface area contributed by atoms with E-state index in [9.17, 15) is 8.42 Å². The maximum Gasteiger partial charge on any atom is 0.176 e. The van der Waals surface area contributed by atoms with Gasteiger partial charge in [-0.1, -0.05) is 0 Å². The van der Waals surface area contributed by atoms with Gasteiger partial charge in [0.1, 0.15) is 5.75 Å². The molecule has 2 aromatic rings. The molecule has 0 unspecified atom stereocenters. The highest BCUT2D eigenvalue weighted by molar-refractivity contribution is 7.91. The van der Waals surface area contributed by atoms with Gasteiger partial charge in [-0.2, -0.15) is 0 Å². The first-order valence-electron chi connectivity index (χ1n) is 4.65. The topological polar surface area (TPSA) is 56.3 Å². The second-order valence-corrected chi connectivity index (χ2v) is 5.45. The fraction of sp³-hybridized carbons (Fsp3) is 0.182. The molecule has 0 saturated heterocycles. The van der Waals surface area contributed by atoms with Gasteiger partial charge in [-0.3, -0.25) is 4.98 Å². The zero-order valence-electron chi connectivity index (χ0n) is 8.97. The standard InChI is InChI=1S/C11H11NO3S/c1-15-8-3-4-10-9(7-8)11(5-6-12-10)16(2,13)14/h3-7H,1-2H3. The second kappa shape index (κ2) is 3.75. The van der Waals surface area contributed by atoms with Gasteiger partial charge in [-0.25, -0.2) is 8.42 Å². The molecule has 0 fully saturated rings. The monoisotopic (exact) mass is 237 g/mol. The van der Waals surface area contributed by atoms with Crippen LogP contribution >= 0.6 is 0 Å². The summed E-state index contributed by atoms with van der Waals surface area (Å²) in [4.78, 5) is 4.39. The van der Waals surface area contributed by atoms with Gasteiger partial charge >= 0.3 is 0 Å². The van der Waals surface area contributed by atoms with Crippen molar-refractivity contribution < 1.29 is 13.2 Å². The van der Waals surface area contributed by atoms with Gasteiger partial charge in [-0.15, -0.1) is 0 Å². The van der Waals surface area contributed by atoms with Gasteiger partial charge in [0.2, 0.25) is 0 Å². The predicted octanol–water partition coefficient (Wildman–Crippen LogP) is 1.65. The Labute approximate surface area is 93.8 Å². The number of sulfone groups is 1. The third kappa shape index (κ3) is 1.86. The molecule has 0 N–H and O–H groups in total. The Balaban J connectivity index is 2.85. The molecule has 0 spiro atoms. The Hall–Kier alpha value is -1.62. The summed E-state index contributed by atoms with van der Waals surface area (Å²) in [5.74, 6) is 0.616. The molecule has 5 heteroatoms. The van der Waals surface area contributed by atoms with Gasteiger partial charge < -0.3 is 4.74 Å². The molecule has 0 amide bonds. The highest BCUT2D eigenvalue weighted by Gasteiger charge is 2.12. The fourth-order valence-electron chi connectivity index (χ4n) is 1.55.